The summed E-state index contributed by atoms with van der Waals surface area (Å²) in [4.78, 5) is 30.4. The lowest BCUT2D eigenvalue weighted by Gasteiger charge is -2.33. The molecule has 3 atom stereocenters. The highest BCUT2D eigenvalue weighted by Crippen LogP contribution is 2.21. The molecule has 0 unspecified atom stereocenters. The molecule has 45 heavy (non-hydrogen) atoms. The van der Waals surface area contributed by atoms with E-state index in [9.17, 15) is 23.1 Å². The van der Waals surface area contributed by atoms with Gasteiger partial charge in [0.1, 0.15) is 0 Å². The molecule has 4 N–H and O–H groups in total. The van der Waals surface area contributed by atoms with Crippen LogP contribution in [0.15, 0.2) is 59.5 Å². The highest BCUT2D eigenvalue weighted by molar-refractivity contribution is 7.89. The average molecular weight is 646 g/mol. The molecule has 0 aromatic heterocycles. The topological polar surface area (TPSA) is 155 Å². The van der Waals surface area contributed by atoms with Gasteiger partial charge < -0.3 is 30.5 Å². The van der Waals surface area contributed by atoms with Gasteiger partial charge in [-0.15, -0.1) is 0 Å². The van der Waals surface area contributed by atoms with Gasteiger partial charge in [-0.05, 0) is 48.6 Å². The Morgan fingerprint density at radius 2 is 1.69 bits per heavy atom. The second-order valence-corrected chi connectivity index (χ2v) is 14.1. The van der Waals surface area contributed by atoms with Crippen LogP contribution < -0.4 is 11.1 Å². The van der Waals surface area contributed by atoms with Crippen molar-refractivity contribution in [3.8, 4) is 0 Å². The van der Waals surface area contributed by atoms with Crippen LogP contribution in [0, 0.1) is 5.92 Å². The molecule has 2 amide bonds. The number of nitrogens with zero attached hydrogens (tertiary/aromatic N) is 3. The summed E-state index contributed by atoms with van der Waals surface area (Å²) < 4.78 is 39.5. The SMILES string of the molecule is CC(C)CN(C[C@@H](O)[C@H](Cc1ccccc1)NC(=O)CN(CC(=O)N1CCOCC1)[C@@H]1CCOC1)S(=O)(=O)c1ccc(N)cc1. The van der Waals surface area contributed by atoms with Crippen LogP contribution in [0.5, 0.6) is 0 Å². The summed E-state index contributed by atoms with van der Waals surface area (Å²) >= 11 is 0. The van der Waals surface area contributed by atoms with Crippen molar-refractivity contribution in [2.45, 2.75) is 49.8 Å². The van der Waals surface area contributed by atoms with Gasteiger partial charge in [-0.2, -0.15) is 4.31 Å². The van der Waals surface area contributed by atoms with E-state index in [4.69, 9.17) is 15.2 Å². The number of amides is 2. The minimum absolute atomic E-state index is 0.0193. The maximum atomic E-state index is 13.7. The van der Waals surface area contributed by atoms with Crippen LogP contribution >= 0.6 is 0 Å². The Hall–Kier alpha value is -3.07. The lowest BCUT2D eigenvalue weighted by atomic mass is 10.0. The number of anilines is 1. The lowest BCUT2D eigenvalue weighted by Crippen LogP contribution is -2.55. The smallest absolute Gasteiger partial charge is 0.243 e. The highest BCUT2D eigenvalue weighted by Gasteiger charge is 2.33. The van der Waals surface area contributed by atoms with Crippen LogP contribution in [0.25, 0.3) is 0 Å². The Labute approximate surface area is 266 Å². The number of carbonyl (C=O) groups excluding carboxylic acids is 2. The van der Waals surface area contributed by atoms with E-state index in [1.807, 2.05) is 49.1 Å². The van der Waals surface area contributed by atoms with Gasteiger partial charge in [0.25, 0.3) is 0 Å². The summed E-state index contributed by atoms with van der Waals surface area (Å²) in [6, 6.07) is 14.5. The van der Waals surface area contributed by atoms with Crippen LogP contribution in [-0.4, -0.2) is 123 Å². The summed E-state index contributed by atoms with van der Waals surface area (Å²) in [5.41, 5.74) is 7.10. The Balaban J connectivity index is 1.51. The van der Waals surface area contributed by atoms with Crippen molar-refractivity contribution in [1.29, 1.82) is 0 Å². The number of nitrogens with two attached hydrogens (primary N) is 1. The van der Waals surface area contributed by atoms with Gasteiger partial charge in [-0.1, -0.05) is 44.2 Å². The van der Waals surface area contributed by atoms with Gasteiger partial charge in [0.15, 0.2) is 0 Å². The third-order valence-electron chi connectivity index (χ3n) is 8.06. The third-order valence-corrected chi connectivity index (χ3v) is 9.90. The zero-order valence-electron chi connectivity index (χ0n) is 26.2. The molecule has 0 bridgehead atoms. The van der Waals surface area contributed by atoms with E-state index >= 15 is 0 Å². The molecule has 2 aliphatic rings. The summed E-state index contributed by atoms with van der Waals surface area (Å²) in [7, 11) is -3.97. The van der Waals surface area contributed by atoms with Crippen molar-refractivity contribution in [2.75, 3.05) is 71.4 Å². The number of aliphatic hydroxyl groups is 1. The molecule has 2 saturated heterocycles. The number of carbonyl (C=O) groups is 2. The minimum Gasteiger partial charge on any atom is -0.399 e. The summed E-state index contributed by atoms with van der Waals surface area (Å²) in [6.45, 7) is 6.73. The number of nitrogens with one attached hydrogen (secondary N) is 1. The molecule has 0 aliphatic carbocycles. The number of hydrogen-bond donors (Lipinski definition) is 3. The number of hydrogen-bond acceptors (Lipinski definition) is 9. The van der Waals surface area contributed by atoms with Crippen LogP contribution in [0.1, 0.15) is 25.8 Å². The molecule has 2 heterocycles. The molecule has 2 aromatic carbocycles. The van der Waals surface area contributed by atoms with Crippen molar-refractivity contribution >= 4 is 27.5 Å². The monoisotopic (exact) mass is 645 g/mol. The van der Waals surface area contributed by atoms with Crippen molar-refractivity contribution in [3.05, 3.63) is 60.2 Å². The molecule has 2 aliphatic heterocycles. The van der Waals surface area contributed by atoms with Crippen molar-refractivity contribution < 1.29 is 32.6 Å². The Bertz CT molecular complexity index is 1330. The maximum Gasteiger partial charge on any atom is 0.243 e. The number of nitrogen functional groups attached to an aromatic ring is 1. The predicted molar refractivity (Wildman–Crippen MR) is 171 cm³/mol. The molecular weight excluding hydrogens is 598 g/mol. The number of sulfonamides is 1. The fourth-order valence-electron chi connectivity index (χ4n) is 5.60. The molecule has 2 aromatic rings. The predicted octanol–water partition coefficient (Wildman–Crippen LogP) is 0.954. The van der Waals surface area contributed by atoms with Crippen molar-refractivity contribution in [1.82, 2.24) is 19.4 Å². The van der Waals surface area contributed by atoms with Crippen LogP contribution in [0.4, 0.5) is 5.69 Å². The fraction of sp³-hybridized carbons (Fsp3) is 0.562. The number of benzene rings is 2. The van der Waals surface area contributed by atoms with E-state index in [2.05, 4.69) is 5.32 Å². The van der Waals surface area contributed by atoms with E-state index < -0.39 is 22.2 Å². The molecule has 13 heteroatoms. The molecule has 2 fully saturated rings. The first kappa shape index (κ1) is 34.8. The Morgan fingerprint density at radius 3 is 2.31 bits per heavy atom. The second kappa shape index (κ2) is 16.5. The van der Waals surface area contributed by atoms with E-state index in [-0.39, 0.29) is 61.3 Å². The number of morpholine rings is 1. The standard InChI is InChI=1S/C32H47N5O7S/c1-24(2)19-37(45(41,42)28-10-8-26(33)9-11-28)20-30(38)29(18-25-6-4-3-5-7-25)34-31(39)21-36(27-12-15-44-23-27)22-32(40)35-13-16-43-17-14-35/h3-11,24,27,29-30,38H,12-23,33H2,1-2H3,(H,34,39)/t27-,29+,30-/m1/s1. The quantitative estimate of drug-likeness (QED) is 0.240. The van der Waals surface area contributed by atoms with Crippen LogP contribution in [0.2, 0.25) is 0 Å². The molecule has 248 valence electrons. The van der Waals surface area contributed by atoms with Crippen LogP contribution in [-0.2, 0) is 35.5 Å². The first-order valence-corrected chi connectivity index (χ1v) is 17.0. The Kier molecular flexibility index (Phi) is 12.7. The van der Waals surface area contributed by atoms with Gasteiger partial charge in [0.05, 0.1) is 50.0 Å². The fourth-order valence-corrected chi connectivity index (χ4v) is 7.22. The number of aliphatic hydroxyl groups excluding tert-OH is 1. The van der Waals surface area contributed by atoms with E-state index in [1.54, 1.807) is 4.90 Å². The van der Waals surface area contributed by atoms with Gasteiger partial charge in [-0.25, -0.2) is 8.42 Å². The Morgan fingerprint density at radius 1 is 1.00 bits per heavy atom. The largest absolute Gasteiger partial charge is 0.399 e. The van der Waals surface area contributed by atoms with Crippen LogP contribution in [0.3, 0.4) is 0 Å². The molecule has 0 saturated carbocycles. The summed E-state index contributed by atoms with van der Waals surface area (Å²) in [5.74, 6) is -0.460. The van der Waals surface area contributed by atoms with Gasteiger partial charge in [0, 0.05) is 44.5 Å². The normalized spacial score (nSPS) is 18.8. The minimum atomic E-state index is -3.97. The first-order valence-electron chi connectivity index (χ1n) is 15.6. The summed E-state index contributed by atoms with van der Waals surface area (Å²) in [6.07, 6.45) is -0.244. The third kappa shape index (κ3) is 10.2. The summed E-state index contributed by atoms with van der Waals surface area (Å²) in [5, 5.41) is 14.5. The molecular formula is C32H47N5O7S. The van der Waals surface area contributed by atoms with E-state index in [1.165, 1.54) is 28.6 Å². The van der Waals surface area contributed by atoms with Gasteiger partial charge >= 0.3 is 0 Å². The number of rotatable bonds is 15. The zero-order chi connectivity index (χ0) is 32.4. The molecule has 12 nitrogen and oxygen atoms in total. The zero-order valence-corrected chi connectivity index (χ0v) is 27.0. The van der Waals surface area contributed by atoms with Gasteiger partial charge in [-0.3, -0.25) is 14.5 Å². The first-order chi connectivity index (χ1) is 21.5. The maximum absolute atomic E-state index is 13.7. The van der Waals surface area contributed by atoms with E-state index in [0.29, 0.717) is 51.6 Å². The van der Waals surface area contributed by atoms with Gasteiger partial charge in [0.2, 0.25) is 21.8 Å². The number of ether oxygens (including phenoxy) is 2. The molecule has 4 rings (SSSR count). The lowest BCUT2D eigenvalue weighted by molar-refractivity contribution is -0.137. The molecule has 0 spiro atoms. The van der Waals surface area contributed by atoms with Crippen molar-refractivity contribution in [2.24, 2.45) is 5.92 Å². The van der Waals surface area contributed by atoms with Crippen molar-refractivity contribution in [3.63, 3.8) is 0 Å². The van der Waals surface area contributed by atoms with E-state index in [0.717, 1.165) is 5.56 Å². The molecule has 0 radical (unpaired) electrons. The second-order valence-electron chi connectivity index (χ2n) is 12.1. The highest BCUT2D eigenvalue weighted by atomic mass is 32.2. The average Bonchev–Trinajstić information content (AvgIpc) is 3.56.